The Kier molecular flexibility index (Phi) is 7.44. The zero-order chi connectivity index (χ0) is 23.9. The number of ether oxygens (including phenoxy) is 2. The summed E-state index contributed by atoms with van der Waals surface area (Å²) in [5.41, 5.74) is 8.37. The fourth-order valence-electron chi connectivity index (χ4n) is 4.01. The summed E-state index contributed by atoms with van der Waals surface area (Å²) in [4.78, 5) is 26.1. The van der Waals surface area contributed by atoms with Crippen molar-refractivity contribution in [3.05, 3.63) is 83.9 Å². The van der Waals surface area contributed by atoms with Crippen molar-refractivity contribution in [1.29, 1.82) is 0 Å². The number of benzene rings is 3. The minimum atomic E-state index is -0.283. The van der Waals surface area contributed by atoms with E-state index in [-0.39, 0.29) is 24.5 Å². The summed E-state index contributed by atoms with van der Waals surface area (Å²) >= 11 is 0. The van der Waals surface area contributed by atoms with Crippen LogP contribution in [-0.2, 0) is 16.1 Å². The summed E-state index contributed by atoms with van der Waals surface area (Å²) in [5, 5.41) is 2.86. The van der Waals surface area contributed by atoms with Crippen LogP contribution in [0.4, 0.5) is 5.69 Å². The van der Waals surface area contributed by atoms with Crippen LogP contribution in [0.15, 0.2) is 72.8 Å². The van der Waals surface area contributed by atoms with Crippen molar-refractivity contribution in [2.75, 3.05) is 18.5 Å². The van der Waals surface area contributed by atoms with Crippen molar-refractivity contribution in [1.82, 2.24) is 4.90 Å². The van der Waals surface area contributed by atoms with Gasteiger partial charge in [-0.3, -0.25) is 14.5 Å². The van der Waals surface area contributed by atoms with Crippen molar-refractivity contribution >= 4 is 17.5 Å². The van der Waals surface area contributed by atoms with Crippen molar-refractivity contribution in [2.45, 2.75) is 32.4 Å². The van der Waals surface area contributed by atoms with Crippen molar-refractivity contribution in [3.63, 3.8) is 0 Å². The highest BCUT2D eigenvalue weighted by Crippen LogP contribution is 2.24. The van der Waals surface area contributed by atoms with E-state index in [9.17, 15) is 9.59 Å². The molecule has 7 heteroatoms. The number of rotatable bonds is 9. The van der Waals surface area contributed by atoms with Crippen LogP contribution in [0.5, 0.6) is 17.2 Å². The van der Waals surface area contributed by atoms with E-state index in [2.05, 4.69) is 10.2 Å². The number of carbonyl (C=O) groups is 2. The highest BCUT2D eigenvalue weighted by molar-refractivity contribution is 5.91. The highest BCUT2D eigenvalue weighted by Gasteiger charge is 2.28. The molecule has 0 radical (unpaired) electrons. The summed E-state index contributed by atoms with van der Waals surface area (Å²) in [6.07, 6.45) is 1.75. The third kappa shape index (κ3) is 6.36. The quantitative estimate of drug-likeness (QED) is 0.499. The molecule has 7 nitrogen and oxygen atoms in total. The minimum absolute atomic E-state index is 0.113. The van der Waals surface area contributed by atoms with E-state index in [1.165, 1.54) is 5.56 Å². The van der Waals surface area contributed by atoms with Gasteiger partial charge >= 0.3 is 0 Å². The Morgan fingerprint density at radius 1 is 1.00 bits per heavy atom. The van der Waals surface area contributed by atoms with Gasteiger partial charge in [0.05, 0.1) is 6.04 Å². The maximum Gasteiger partial charge on any atom is 0.262 e. The molecule has 34 heavy (non-hydrogen) atoms. The monoisotopic (exact) mass is 459 g/mol. The van der Waals surface area contributed by atoms with Gasteiger partial charge in [0.15, 0.2) is 6.61 Å². The molecule has 1 aliphatic heterocycles. The number of hydrogen-bond acceptors (Lipinski definition) is 5. The lowest BCUT2D eigenvalue weighted by Gasteiger charge is -2.22. The molecule has 1 unspecified atom stereocenters. The topological polar surface area (TPSA) is 93.9 Å². The first-order chi connectivity index (χ1) is 16.5. The van der Waals surface area contributed by atoms with Gasteiger partial charge in [0.2, 0.25) is 5.91 Å². The summed E-state index contributed by atoms with van der Waals surface area (Å²) < 4.78 is 11.4. The van der Waals surface area contributed by atoms with E-state index in [1.807, 2.05) is 55.5 Å². The first kappa shape index (κ1) is 23.3. The van der Waals surface area contributed by atoms with Crippen molar-refractivity contribution < 1.29 is 19.1 Å². The predicted octanol–water partition coefficient (Wildman–Crippen LogP) is 4.25. The maximum atomic E-state index is 12.4. The molecule has 1 fully saturated rings. The Hall–Kier alpha value is -3.84. The van der Waals surface area contributed by atoms with E-state index in [1.54, 1.807) is 24.3 Å². The third-order valence-electron chi connectivity index (χ3n) is 5.74. The molecule has 0 spiro atoms. The second kappa shape index (κ2) is 10.9. The first-order valence-corrected chi connectivity index (χ1v) is 11.4. The van der Waals surface area contributed by atoms with Crippen LogP contribution in [0.2, 0.25) is 0 Å². The summed E-state index contributed by atoms with van der Waals surface area (Å²) in [7, 11) is 0. The van der Waals surface area contributed by atoms with Gasteiger partial charge in [0.1, 0.15) is 17.2 Å². The molecule has 1 aliphatic rings. The zero-order valence-corrected chi connectivity index (χ0v) is 19.2. The molecular formula is C27H29N3O4. The van der Waals surface area contributed by atoms with Gasteiger partial charge in [-0.05, 0) is 80.4 Å². The molecule has 0 aromatic heterocycles. The molecule has 1 saturated heterocycles. The summed E-state index contributed by atoms with van der Waals surface area (Å²) in [6.45, 7) is 3.37. The Labute approximate surface area is 199 Å². The van der Waals surface area contributed by atoms with E-state index in [0.717, 1.165) is 30.7 Å². The molecule has 0 bridgehead atoms. The number of nitrogens with zero attached hydrogens (tertiary/aromatic N) is 1. The third-order valence-corrected chi connectivity index (χ3v) is 5.74. The first-order valence-electron chi connectivity index (χ1n) is 11.4. The number of amides is 2. The average Bonchev–Trinajstić information content (AvgIpc) is 3.29. The molecule has 1 heterocycles. The number of carbonyl (C=O) groups excluding carboxylic acids is 2. The molecule has 3 N–H and O–H groups in total. The number of nitrogens with two attached hydrogens (primary N) is 1. The lowest BCUT2D eigenvalue weighted by molar-refractivity contribution is -0.122. The van der Waals surface area contributed by atoms with Crippen molar-refractivity contribution in [2.24, 2.45) is 5.73 Å². The highest BCUT2D eigenvalue weighted by atomic mass is 16.5. The van der Waals surface area contributed by atoms with E-state index in [0.29, 0.717) is 23.7 Å². The van der Waals surface area contributed by atoms with E-state index < -0.39 is 0 Å². The van der Waals surface area contributed by atoms with Crippen LogP contribution >= 0.6 is 0 Å². The van der Waals surface area contributed by atoms with Crippen LogP contribution in [0.1, 0.15) is 24.0 Å². The molecule has 3 aromatic carbocycles. The second-order valence-corrected chi connectivity index (χ2v) is 8.45. The summed E-state index contributed by atoms with van der Waals surface area (Å²) in [5.74, 6) is 1.48. The molecule has 2 amide bonds. The Morgan fingerprint density at radius 2 is 1.68 bits per heavy atom. The fourth-order valence-corrected chi connectivity index (χ4v) is 4.01. The second-order valence-electron chi connectivity index (χ2n) is 8.45. The van der Waals surface area contributed by atoms with Crippen LogP contribution in [0, 0.1) is 6.92 Å². The van der Waals surface area contributed by atoms with E-state index in [4.69, 9.17) is 15.2 Å². The SMILES string of the molecule is Cc1ccc(Oc2ccc(OCC(=O)Nc3cccc(CN4CCCC4C(N)=O)c3)cc2)cc1. The van der Waals surface area contributed by atoms with Gasteiger partial charge in [0.25, 0.3) is 5.91 Å². The smallest absolute Gasteiger partial charge is 0.262 e. The zero-order valence-electron chi connectivity index (χ0n) is 19.2. The number of primary amides is 1. The maximum absolute atomic E-state index is 12.4. The van der Waals surface area contributed by atoms with Gasteiger partial charge in [-0.15, -0.1) is 0 Å². The lowest BCUT2D eigenvalue weighted by Crippen LogP contribution is -2.39. The van der Waals surface area contributed by atoms with Gasteiger partial charge in [-0.2, -0.15) is 0 Å². The number of aryl methyl sites for hydroxylation is 1. The average molecular weight is 460 g/mol. The molecule has 176 valence electrons. The number of likely N-dealkylation sites (tertiary alicyclic amines) is 1. The normalized spacial score (nSPS) is 15.6. The molecule has 0 saturated carbocycles. The van der Waals surface area contributed by atoms with Gasteiger partial charge < -0.3 is 20.5 Å². The van der Waals surface area contributed by atoms with Crippen molar-refractivity contribution in [3.8, 4) is 17.2 Å². The molecule has 1 atom stereocenters. The Bertz CT molecular complexity index is 1130. The standard InChI is InChI=1S/C27H29N3O4/c1-19-7-9-23(10-8-19)34-24-13-11-22(12-14-24)33-18-26(31)29-21-5-2-4-20(16-21)17-30-15-3-6-25(30)27(28)32/h2,4-5,7-14,16,25H,3,6,15,17-18H2,1H3,(H2,28,32)(H,29,31). The molecule has 0 aliphatic carbocycles. The van der Waals surface area contributed by atoms with Crippen LogP contribution in [0.3, 0.4) is 0 Å². The summed E-state index contributed by atoms with van der Waals surface area (Å²) in [6, 6.07) is 22.3. The van der Waals surface area contributed by atoms with Crippen LogP contribution in [-0.4, -0.2) is 35.9 Å². The van der Waals surface area contributed by atoms with Crippen LogP contribution < -0.4 is 20.5 Å². The fraction of sp³-hybridized carbons (Fsp3) is 0.259. The molecule has 3 aromatic rings. The lowest BCUT2D eigenvalue weighted by atomic mass is 10.1. The minimum Gasteiger partial charge on any atom is -0.484 e. The number of hydrogen-bond donors (Lipinski definition) is 2. The van der Waals surface area contributed by atoms with Gasteiger partial charge in [-0.25, -0.2) is 0 Å². The number of anilines is 1. The molecule has 4 rings (SSSR count). The Balaban J connectivity index is 1.26. The van der Waals surface area contributed by atoms with Crippen LogP contribution in [0.25, 0.3) is 0 Å². The largest absolute Gasteiger partial charge is 0.484 e. The van der Waals surface area contributed by atoms with Gasteiger partial charge in [0, 0.05) is 12.2 Å². The van der Waals surface area contributed by atoms with E-state index >= 15 is 0 Å². The number of nitrogens with one attached hydrogen (secondary N) is 1. The van der Waals surface area contributed by atoms with Gasteiger partial charge in [-0.1, -0.05) is 29.8 Å². The Morgan fingerprint density at radius 3 is 2.38 bits per heavy atom. The predicted molar refractivity (Wildman–Crippen MR) is 131 cm³/mol. The molecular weight excluding hydrogens is 430 g/mol.